The molecule has 0 saturated carbocycles. The maximum atomic E-state index is 13.2. The predicted molar refractivity (Wildman–Crippen MR) is 74.7 cm³/mol. The van der Waals surface area contributed by atoms with Gasteiger partial charge in [-0.1, -0.05) is 11.6 Å². The van der Waals surface area contributed by atoms with E-state index in [0.717, 1.165) is 0 Å². The van der Waals surface area contributed by atoms with Crippen LogP contribution in [0.2, 0.25) is 5.02 Å². The van der Waals surface area contributed by atoms with E-state index in [1.54, 1.807) is 0 Å². The highest BCUT2D eigenvalue weighted by Gasteiger charge is 2.12. The van der Waals surface area contributed by atoms with Gasteiger partial charge < -0.3 is 15.8 Å². The van der Waals surface area contributed by atoms with Gasteiger partial charge in [0.25, 0.3) is 0 Å². The first-order valence-corrected chi connectivity index (χ1v) is 5.94. The Morgan fingerprint density at radius 2 is 2.15 bits per heavy atom. The van der Waals surface area contributed by atoms with E-state index < -0.39 is 11.8 Å². The third-order valence-corrected chi connectivity index (χ3v) is 2.69. The van der Waals surface area contributed by atoms with Crippen LogP contribution in [0.4, 0.5) is 21.6 Å². The Morgan fingerprint density at radius 1 is 1.40 bits per heavy atom. The normalized spacial score (nSPS) is 10.2. The van der Waals surface area contributed by atoms with Gasteiger partial charge in [0, 0.05) is 10.7 Å². The second-order valence-electron chi connectivity index (χ2n) is 3.93. The summed E-state index contributed by atoms with van der Waals surface area (Å²) in [7, 11) is 1.25. The number of pyridine rings is 1. The zero-order chi connectivity index (χ0) is 14.7. The van der Waals surface area contributed by atoms with E-state index in [4.69, 9.17) is 17.3 Å². The van der Waals surface area contributed by atoms with Crippen LogP contribution >= 0.6 is 11.6 Å². The molecule has 0 unspecified atom stereocenters. The lowest BCUT2D eigenvalue weighted by Gasteiger charge is -2.09. The summed E-state index contributed by atoms with van der Waals surface area (Å²) in [4.78, 5) is 15.5. The molecule has 0 fully saturated rings. The summed E-state index contributed by atoms with van der Waals surface area (Å²) in [5, 5.41) is 3.08. The summed E-state index contributed by atoms with van der Waals surface area (Å²) in [6, 6.07) is 5.38. The standard InChI is InChI=1S/C13H11ClFN3O2/c1-20-13(19)10-5-12(17-6-11(10)16)18-9-3-7(14)2-8(15)4-9/h2-6H,16H2,1H3,(H,17,18). The van der Waals surface area contributed by atoms with Crippen molar-refractivity contribution < 1.29 is 13.9 Å². The molecule has 0 aliphatic carbocycles. The summed E-state index contributed by atoms with van der Waals surface area (Å²) in [5.74, 6) is -0.741. The molecule has 1 heterocycles. The quantitative estimate of drug-likeness (QED) is 0.851. The second-order valence-corrected chi connectivity index (χ2v) is 4.37. The van der Waals surface area contributed by atoms with Crippen molar-refractivity contribution in [1.29, 1.82) is 0 Å². The van der Waals surface area contributed by atoms with Crippen LogP contribution in [0, 0.1) is 5.82 Å². The first-order valence-electron chi connectivity index (χ1n) is 5.56. The molecule has 1 aromatic heterocycles. The minimum Gasteiger partial charge on any atom is -0.465 e. The van der Waals surface area contributed by atoms with Crippen molar-refractivity contribution in [2.75, 3.05) is 18.2 Å². The van der Waals surface area contributed by atoms with Crippen molar-refractivity contribution in [3.8, 4) is 0 Å². The molecule has 0 aliphatic heterocycles. The number of benzene rings is 1. The summed E-state index contributed by atoms with van der Waals surface area (Å²) in [6.07, 6.45) is 1.31. The van der Waals surface area contributed by atoms with Crippen molar-refractivity contribution in [2.45, 2.75) is 0 Å². The zero-order valence-corrected chi connectivity index (χ0v) is 11.2. The molecule has 104 valence electrons. The van der Waals surface area contributed by atoms with E-state index >= 15 is 0 Å². The number of esters is 1. The lowest BCUT2D eigenvalue weighted by Crippen LogP contribution is -2.07. The van der Waals surface area contributed by atoms with E-state index in [0.29, 0.717) is 11.5 Å². The van der Waals surface area contributed by atoms with Gasteiger partial charge in [-0.15, -0.1) is 0 Å². The van der Waals surface area contributed by atoms with Crippen molar-refractivity contribution in [1.82, 2.24) is 4.98 Å². The number of nitrogens with one attached hydrogen (secondary N) is 1. The van der Waals surface area contributed by atoms with E-state index in [1.807, 2.05) is 0 Å². The fourth-order valence-electron chi connectivity index (χ4n) is 1.59. The summed E-state index contributed by atoms with van der Waals surface area (Å²) >= 11 is 5.75. The molecule has 2 rings (SSSR count). The van der Waals surface area contributed by atoms with Crippen LogP contribution in [0.3, 0.4) is 0 Å². The van der Waals surface area contributed by atoms with Crippen molar-refractivity contribution in [3.63, 3.8) is 0 Å². The van der Waals surface area contributed by atoms with Gasteiger partial charge in [0.1, 0.15) is 11.6 Å². The molecule has 0 spiro atoms. The number of carbonyl (C=O) groups is 1. The van der Waals surface area contributed by atoms with E-state index in [-0.39, 0.29) is 16.3 Å². The molecule has 3 N–H and O–H groups in total. The van der Waals surface area contributed by atoms with E-state index in [9.17, 15) is 9.18 Å². The zero-order valence-electron chi connectivity index (χ0n) is 10.5. The number of ether oxygens (including phenoxy) is 1. The molecule has 0 saturated heterocycles. The number of nitrogen functional groups attached to an aromatic ring is 1. The van der Waals surface area contributed by atoms with Gasteiger partial charge in [-0.05, 0) is 24.3 Å². The molecule has 0 amide bonds. The number of nitrogens with two attached hydrogens (primary N) is 1. The summed E-state index contributed by atoms with van der Waals surface area (Å²) < 4.78 is 17.8. The molecule has 0 radical (unpaired) electrons. The number of rotatable bonds is 3. The van der Waals surface area contributed by atoms with E-state index in [1.165, 1.54) is 37.6 Å². The maximum Gasteiger partial charge on any atom is 0.340 e. The van der Waals surface area contributed by atoms with Crippen LogP contribution in [-0.4, -0.2) is 18.1 Å². The molecule has 0 aliphatic rings. The molecule has 1 aromatic carbocycles. The fraction of sp³-hybridized carbons (Fsp3) is 0.0769. The topological polar surface area (TPSA) is 77.2 Å². The minimum absolute atomic E-state index is 0.174. The van der Waals surface area contributed by atoms with Crippen molar-refractivity contribution in [2.24, 2.45) is 0 Å². The highest BCUT2D eigenvalue weighted by molar-refractivity contribution is 6.30. The van der Waals surface area contributed by atoms with Crippen LogP contribution in [0.5, 0.6) is 0 Å². The molecule has 5 nitrogen and oxygen atoms in total. The largest absolute Gasteiger partial charge is 0.465 e. The van der Waals surface area contributed by atoms with Gasteiger partial charge in [0.05, 0.1) is 24.6 Å². The number of carbonyl (C=O) groups excluding carboxylic acids is 1. The van der Waals surface area contributed by atoms with Crippen LogP contribution < -0.4 is 11.1 Å². The number of halogens is 2. The fourth-order valence-corrected chi connectivity index (χ4v) is 1.82. The van der Waals surface area contributed by atoms with Crippen molar-refractivity contribution in [3.05, 3.63) is 46.9 Å². The first-order chi connectivity index (χ1) is 9.49. The predicted octanol–water partition coefficient (Wildman–Crippen LogP) is 2.99. The van der Waals surface area contributed by atoms with Crippen LogP contribution in [0.1, 0.15) is 10.4 Å². The number of methoxy groups -OCH3 is 1. The number of anilines is 3. The Balaban J connectivity index is 2.32. The minimum atomic E-state index is -0.578. The number of hydrogen-bond acceptors (Lipinski definition) is 5. The van der Waals surface area contributed by atoms with Crippen LogP contribution in [0.25, 0.3) is 0 Å². The van der Waals surface area contributed by atoms with Crippen molar-refractivity contribution >= 4 is 34.8 Å². The van der Waals surface area contributed by atoms with Gasteiger partial charge in [-0.3, -0.25) is 0 Å². The van der Waals surface area contributed by atoms with Gasteiger partial charge >= 0.3 is 5.97 Å². The molecule has 20 heavy (non-hydrogen) atoms. The van der Waals surface area contributed by atoms with Crippen LogP contribution in [-0.2, 0) is 4.74 Å². The Hall–Kier alpha value is -2.34. The average Bonchev–Trinajstić information content (AvgIpc) is 2.39. The van der Waals surface area contributed by atoms with Gasteiger partial charge in [0.15, 0.2) is 0 Å². The molecular formula is C13H11ClFN3O2. The smallest absolute Gasteiger partial charge is 0.340 e. The highest BCUT2D eigenvalue weighted by Crippen LogP contribution is 2.23. The molecule has 0 bridgehead atoms. The average molecular weight is 296 g/mol. The Kier molecular flexibility index (Phi) is 4.05. The number of hydrogen-bond donors (Lipinski definition) is 2. The number of nitrogens with zero attached hydrogens (tertiary/aromatic N) is 1. The monoisotopic (exact) mass is 295 g/mol. The van der Waals surface area contributed by atoms with Gasteiger partial charge in [-0.25, -0.2) is 14.2 Å². The summed E-state index contributed by atoms with van der Waals surface area (Å²) in [6.45, 7) is 0. The SMILES string of the molecule is COC(=O)c1cc(Nc2cc(F)cc(Cl)c2)ncc1N. The Bertz CT molecular complexity index is 644. The van der Waals surface area contributed by atoms with Gasteiger partial charge in [-0.2, -0.15) is 0 Å². The third-order valence-electron chi connectivity index (χ3n) is 2.48. The van der Waals surface area contributed by atoms with E-state index in [2.05, 4.69) is 15.0 Å². The molecular weight excluding hydrogens is 285 g/mol. The molecule has 0 atom stereocenters. The summed E-state index contributed by atoms with van der Waals surface area (Å²) in [5.41, 5.74) is 6.41. The molecule has 2 aromatic rings. The maximum absolute atomic E-state index is 13.2. The van der Waals surface area contributed by atoms with Gasteiger partial charge in [0.2, 0.25) is 0 Å². The first kappa shape index (κ1) is 14.1. The highest BCUT2D eigenvalue weighted by atomic mass is 35.5. The second kappa shape index (κ2) is 5.75. The third kappa shape index (κ3) is 3.16. The Labute approximate surface area is 119 Å². The lowest BCUT2D eigenvalue weighted by atomic mass is 10.2. The van der Waals surface area contributed by atoms with Crippen LogP contribution in [0.15, 0.2) is 30.5 Å². The number of aromatic nitrogens is 1. The Morgan fingerprint density at radius 3 is 2.80 bits per heavy atom. The molecule has 7 heteroatoms. The lowest BCUT2D eigenvalue weighted by molar-refractivity contribution is 0.0602.